The summed E-state index contributed by atoms with van der Waals surface area (Å²) in [5.41, 5.74) is 0.786. The van der Waals surface area contributed by atoms with Gasteiger partial charge in [-0.2, -0.15) is 0 Å². The summed E-state index contributed by atoms with van der Waals surface area (Å²) in [4.78, 5) is 10.4. The fourth-order valence-electron chi connectivity index (χ4n) is 1.84. The standard InChI is InChI=1S/C14H12ClFN2O3/c1-21-14-7-11(3-4-12(14)15)17-8-9-6-10(16)2-5-13(9)18(19)20/h2-7,17H,8H2,1H3. The number of anilines is 1. The Hall–Kier alpha value is -2.34. The van der Waals surface area contributed by atoms with Gasteiger partial charge in [-0.15, -0.1) is 0 Å². The smallest absolute Gasteiger partial charge is 0.274 e. The Balaban J connectivity index is 2.20. The minimum absolute atomic E-state index is 0.110. The normalized spacial score (nSPS) is 10.2. The third-order valence-corrected chi connectivity index (χ3v) is 3.18. The van der Waals surface area contributed by atoms with E-state index in [1.54, 1.807) is 18.2 Å². The molecule has 0 fully saturated rings. The number of nitro groups is 1. The molecule has 0 spiro atoms. The van der Waals surface area contributed by atoms with Gasteiger partial charge in [0.25, 0.3) is 5.69 Å². The van der Waals surface area contributed by atoms with Crippen LogP contribution in [0.3, 0.4) is 0 Å². The fraction of sp³-hybridized carbons (Fsp3) is 0.143. The van der Waals surface area contributed by atoms with Crippen molar-refractivity contribution >= 4 is 23.0 Å². The lowest BCUT2D eigenvalue weighted by molar-refractivity contribution is -0.385. The fourth-order valence-corrected chi connectivity index (χ4v) is 2.04. The first-order valence-corrected chi connectivity index (χ1v) is 6.39. The molecule has 21 heavy (non-hydrogen) atoms. The lowest BCUT2D eigenvalue weighted by Gasteiger charge is -2.10. The van der Waals surface area contributed by atoms with Gasteiger partial charge < -0.3 is 10.1 Å². The molecule has 2 aromatic rings. The first kappa shape index (κ1) is 15.1. The molecule has 0 radical (unpaired) electrons. The van der Waals surface area contributed by atoms with Crippen LogP contribution >= 0.6 is 11.6 Å². The molecule has 0 heterocycles. The maximum absolute atomic E-state index is 13.2. The average Bonchev–Trinajstić information content (AvgIpc) is 2.46. The maximum Gasteiger partial charge on any atom is 0.274 e. The summed E-state index contributed by atoms with van der Waals surface area (Å²) in [5.74, 6) is -0.0403. The number of nitrogens with one attached hydrogen (secondary N) is 1. The highest BCUT2D eigenvalue weighted by atomic mass is 35.5. The highest BCUT2D eigenvalue weighted by Crippen LogP contribution is 2.28. The van der Waals surface area contributed by atoms with Gasteiger partial charge in [-0.25, -0.2) is 4.39 Å². The van der Waals surface area contributed by atoms with Crippen molar-refractivity contribution in [2.75, 3.05) is 12.4 Å². The molecule has 2 rings (SSSR count). The molecule has 0 saturated heterocycles. The Morgan fingerprint density at radius 3 is 2.76 bits per heavy atom. The van der Waals surface area contributed by atoms with Crippen LogP contribution in [0.2, 0.25) is 5.02 Å². The molecule has 7 heteroatoms. The number of nitrogens with zero attached hydrogens (tertiary/aromatic N) is 1. The van der Waals surface area contributed by atoms with Crippen LogP contribution in [0.5, 0.6) is 5.75 Å². The van der Waals surface area contributed by atoms with Crippen LogP contribution in [0, 0.1) is 15.9 Å². The largest absolute Gasteiger partial charge is 0.495 e. The molecule has 0 unspecified atom stereocenters. The van der Waals surface area contributed by atoms with Crippen molar-refractivity contribution in [3.8, 4) is 5.75 Å². The third-order valence-electron chi connectivity index (χ3n) is 2.87. The second-order valence-corrected chi connectivity index (χ2v) is 4.64. The van der Waals surface area contributed by atoms with Crippen molar-refractivity contribution in [1.82, 2.24) is 0 Å². The molecule has 1 N–H and O–H groups in total. The van der Waals surface area contributed by atoms with Crippen molar-refractivity contribution in [3.63, 3.8) is 0 Å². The van der Waals surface area contributed by atoms with E-state index in [9.17, 15) is 14.5 Å². The minimum Gasteiger partial charge on any atom is -0.495 e. The van der Waals surface area contributed by atoms with Crippen LogP contribution in [0.4, 0.5) is 15.8 Å². The second-order valence-electron chi connectivity index (χ2n) is 4.23. The summed E-state index contributed by atoms with van der Waals surface area (Å²) >= 11 is 5.91. The van der Waals surface area contributed by atoms with Gasteiger partial charge in [0.05, 0.1) is 22.6 Å². The summed E-state index contributed by atoms with van der Waals surface area (Å²) < 4.78 is 18.3. The quantitative estimate of drug-likeness (QED) is 0.669. The van der Waals surface area contributed by atoms with Crippen molar-refractivity contribution in [2.24, 2.45) is 0 Å². The van der Waals surface area contributed by atoms with E-state index < -0.39 is 10.7 Å². The number of nitro benzene ring substituents is 1. The Bertz CT molecular complexity index is 679. The molecule has 0 aliphatic rings. The number of methoxy groups -OCH3 is 1. The number of hydrogen-bond acceptors (Lipinski definition) is 4. The second kappa shape index (κ2) is 6.41. The lowest BCUT2D eigenvalue weighted by Crippen LogP contribution is -2.04. The van der Waals surface area contributed by atoms with E-state index in [0.717, 1.165) is 18.2 Å². The zero-order valence-corrected chi connectivity index (χ0v) is 11.9. The number of rotatable bonds is 5. The molecule has 0 bridgehead atoms. The molecule has 0 atom stereocenters. The first-order chi connectivity index (χ1) is 10.0. The van der Waals surface area contributed by atoms with E-state index in [1.807, 2.05) is 0 Å². The lowest BCUT2D eigenvalue weighted by atomic mass is 10.1. The van der Waals surface area contributed by atoms with Crippen LogP contribution in [-0.2, 0) is 6.54 Å². The van der Waals surface area contributed by atoms with Crippen molar-refractivity contribution < 1.29 is 14.1 Å². The van der Waals surface area contributed by atoms with Crippen LogP contribution < -0.4 is 10.1 Å². The molecule has 0 amide bonds. The Morgan fingerprint density at radius 2 is 2.10 bits per heavy atom. The van der Waals surface area contributed by atoms with E-state index in [2.05, 4.69) is 5.32 Å². The third kappa shape index (κ3) is 3.61. The molecule has 0 aromatic heterocycles. The summed E-state index contributed by atoms with van der Waals surface area (Å²) in [6, 6.07) is 8.35. The molecule has 0 aliphatic heterocycles. The first-order valence-electron chi connectivity index (χ1n) is 6.01. The summed E-state index contributed by atoms with van der Waals surface area (Å²) in [5, 5.41) is 14.3. The van der Waals surface area contributed by atoms with Gasteiger partial charge in [0.15, 0.2) is 0 Å². The van der Waals surface area contributed by atoms with Gasteiger partial charge in [-0.1, -0.05) is 11.6 Å². The summed E-state index contributed by atoms with van der Waals surface area (Å²) in [6.45, 7) is 0.110. The van der Waals surface area contributed by atoms with Gasteiger partial charge in [0.2, 0.25) is 0 Å². The topological polar surface area (TPSA) is 64.4 Å². The number of halogens is 2. The van der Waals surface area contributed by atoms with Crippen molar-refractivity contribution in [3.05, 3.63) is 62.9 Å². The summed E-state index contributed by atoms with van der Waals surface area (Å²) in [6.07, 6.45) is 0. The maximum atomic E-state index is 13.2. The van der Waals surface area contributed by atoms with Gasteiger partial charge in [-0.05, 0) is 24.3 Å². The van der Waals surface area contributed by atoms with Crippen molar-refractivity contribution in [2.45, 2.75) is 6.54 Å². The molecule has 0 aliphatic carbocycles. The molecule has 110 valence electrons. The van der Waals surface area contributed by atoms with E-state index in [4.69, 9.17) is 16.3 Å². The van der Waals surface area contributed by atoms with Gasteiger partial charge in [0.1, 0.15) is 11.6 Å². The molecular weight excluding hydrogens is 299 g/mol. The van der Waals surface area contributed by atoms with Crippen LogP contribution in [0.15, 0.2) is 36.4 Å². The number of hydrogen-bond donors (Lipinski definition) is 1. The minimum atomic E-state index is -0.543. The van der Waals surface area contributed by atoms with Crippen LogP contribution in [-0.4, -0.2) is 12.0 Å². The van der Waals surface area contributed by atoms with Gasteiger partial charge in [-0.3, -0.25) is 10.1 Å². The molecule has 0 saturated carbocycles. The number of benzene rings is 2. The van der Waals surface area contributed by atoms with E-state index in [0.29, 0.717) is 16.5 Å². The summed E-state index contributed by atoms with van der Waals surface area (Å²) in [7, 11) is 1.49. The predicted octanol–water partition coefficient (Wildman–Crippen LogP) is 4.01. The SMILES string of the molecule is COc1cc(NCc2cc(F)ccc2[N+](=O)[O-])ccc1Cl. The Morgan fingerprint density at radius 1 is 1.33 bits per heavy atom. The Labute approximate surface area is 125 Å². The highest BCUT2D eigenvalue weighted by molar-refractivity contribution is 6.32. The van der Waals surface area contributed by atoms with Crippen LogP contribution in [0.25, 0.3) is 0 Å². The zero-order chi connectivity index (χ0) is 15.4. The predicted molar refractivity (Wildman–Crippen MR) is 78.4 cm³/mol. The highest BCUT2D eigenvalue weighted by Gasteiger charge is 2.14. The molecule has 5 nitrogen and oxygen atoms in total. The van der Waals surface area contributed by atoms with E-state index in [1.165, 1.54) is 7.11 Å². The zero-order valence-electron chi connectivity index (χ0n) is 11.1. The van der Waals surface area contributed by atoms with E-state index >= 15 is 0 Å². The van der Waals surface area contributed by atoms with Gasteiger partial charge >= 0.3 is 0 Å². The van der Waals surface area contributed by atoms with Gasteiger partial charge in [0, 0.05) is 24.4 Å². The molecule has 2 aromatic carbocycles. The van der Waals surface area contributed by atoms with E-state index in [-0.39, 0.29) is 17.8 Å². The number of ether oxygens (including phenoxy) is 1. The van der Waals surface area contributed by atoms with Crippen LogP contribution in [0.1, 0.15) is 5.56 Å². The molecular formula is C14H12ClFN2O3. The Kier molecular flexibility index (Phi) is 4.59. The average molecular weight is 311 g/mol. The van der Waals surface area contributed by atoms with Crippen molar-refractivity contribution in [1.29, 1.82) is 0 Å². The monoisotopic (exact) mass is 310 g/mol.